The molecule has 0 aromatic rings. The average Bonchev–Trinajstić information content (AvgIpc) is 3.07. The first-order valence-electron chi connectivity index (χ1n) is 7.39. The van der Waals surface area contributed by atoms with Crippen molar-refractivity contribution in [3.63, 3.8) is 0 Å². The maximum Gasteiger partial charge on any atom is 0.407 e. The minimum atomic E-state index is -0.478. The molecule has 0 unspecified atom stereocenters. The van der Waals surface area contributed by atoms with Crippen molar-refractivity contribution in [3.05, 3.63) is 10.1 Å². The molecule has 2 aliphatic carbocycles. The van der Waals surface area contributed by atoms with Gasteiger partial charge in [-0.25, -0.2) is 4.79 Å². The van der Waals surface area contributed by atoms with Gasteiger partial charge in [0, 0.05) is 23.3 Å². The second kappa shape index (κ2) is 5.58. The van der Waals surface area contributed by atoms with E-state index < -0.39 is 5.60 Å². The summed E-state index contributed by atoms with van der Waals surface area (Å²) in [6.45, 7) is 5.52. The standard InChI is InChI=1S/C14H24N2O4/c1-14(2,3)20-13(17)15-10-6-4-9(5-7-10)11-8-12(11)16(18)19/h9-12H,4-8H2,1-3H3,(H,15,17)/t9?,10?,11-,12+/m1/s1. The van der Waals surface area contributed by atoms with Gasteiger partial charge in [-0.05, 0) is 52.4 Å². The Bertz CT molecular complexity index is 383. The molecule has 0 radical (unpaired) electrons. The lowest BCUT2D eigenvalue weighted by Crippen LogP contribution is -2.41. The predicted molar refractivity (Wildman–Crippen MR) is 74.0 cm³/mol. The van der Waals surface area contributed by atoms with Gasteiger partial charge >= 0.3 is 6.09 Å². The number of nitro groups is 1. The molecule has 2 rings (SSSR count). The average molecular weight is 284 g/mol. The second-order valence-corrected chi connectivity index (χ2v) is 7.01. The van der Waals surface area contributed by atoms with Crippen LogP contribution in [0.5, 0.6) is 0 Å². The largest absolute Gasteiger partial charge is 0.444 e. The van der Waals surface area contributed by atoms with Crippen molar-refractivity contribution >= 4 is 6.09 Å². The van der Waals surface area contributed by atoms with Gasteiger partial charge in [-0.2, -0.15) is 0 Å². The van der Waals surface area contributed by atoms with Crippen LogP contribution in [0.4, 0.5) is 4.79 Å². The van der Waals surface area contributed by atoms with Crippen molar-refractivity contribution in [1.29, 1.82) is 0 Å². The van der Waals surface area contributed by atoms with Gasteiger partial charge in [-0.15, -0.1) is 0 Å². The highest BCUT2D eigenvalue weighted by Gasteiger charge is 2.52. The van der Waals surface area contributed by atoms with E-state index in [1.54, 1.807) is 0 Å². The summed E-state index contributed by atoms with van der Waals surface area (Å²) in [4.78, 5) is 22.2. The third kappa shape index (κ3) is 4.08. The Kier molecular flexibility index (Phi) is 4.20. The summed E-state index contributed by atoms with van der Waals surface area (Å²) in [7, 11) is 0. The molecule has 114 valence electrons. The molecular weight excluding hydrogens is 260 g/mol. The molecule has 6 nitrogen and oxygen atoms in total. The summed E-state index contributed by atoms with van der Waals surface area (Å²) < 4.78 is 5.24. The van der Waals surface area contributed by atoms with Crippen LogP contribution in [0, 0.1) is 22.0 Å². The predicted octanol–water partition coefficient (Wildman–Crippen LogP) is 2.74. The van der Waals surface area contributed by atoms with Crippen LogP contribution in [0.3, 0.4) is 0 Å². The fourth-order valence-corrected chi connectivity index (χ4v) is 3.12. The van der Waals surface area contributed by atoms with Crippen LogP contribution in [0.25, 0.3) is 0 Å². The molecule has 0 aromatic carbocycles. The van der Waals surface area contributed by atoms with E-state index in [1.165, 1.54) is 0 Å². The molecular formula is C14H24N2O4. The molecule has 2 fully saturated rings. The first-order valence-corrected chi connectivity index (χ1v) is 7.39. The Morgan fingerprint density at radius 1 is 1.25 bits per heavy atom. The summed E-state index contributed by atoms with van der Waals surface area (Å²) in [5.41, 5.74) is -0.478. The molecule has 0 aromatic heterocycles. The van der Waals surface area contributed by atoms with Crippen molar-refractivity contribution in [2.75, 3.05) is 0 Å². The van der Waals surface area contributed by atoms with Gasteiger partial charge in [0.05, 0.1) is 0 Å². The first-order chi connectivity index (χ1) is 9.26. The highest BCUT2D eigenvalue weighted by atomic mass is 16.6. The number of ether oxygens (including phenoxy) is 1. The molecule has 0 heterocycles. The lowest BCUT2D eigenvalue weighted by molar-refractivity contribution is -0.499. The number of nitrogens with one attached hydrogen (secondary N) is 1. The second-order valence-electron chi connectivity index (χ2n) is 7.01. The van der Waals surface area contributed by atoms with Crippen LogP contribution in [0.1, 0.15) is 52.9 Å². The van der Waals surface area contributed by atoms with Crippen LogP contribution in [-0.4, -0.2) is 28.7 Å². The van der Waals surface area contributed by atoms with Gasteiger partial charge in [-0.3, -0.25) is 10.1 Å². The summed E-state index contributed by atoms with van der Waals surface area (Å²) in [5, 5.41) is 13.6. The molecule has 0 aliphatic heterocycles. The van der Waals surface area contributed by atoms with E-state index in [0.717, 1.165) is 32.1 Å². The summed E-state index contributed by atoms with van der Waals surface area (Å²) in [5.74, 6) is 0.731. The first kappa shape index (κ1) is 15.1. The van der Waals surface area contributed by atoms with Crippen molar-refractivity contribution in [1.82, 2.24) is 5.32 Å². The number of hydrogen-bond acceptors (Lipinski definition) is 4. The van der Waals surface area contributed by atoms with E-state index in [1.807, 2.05) is 20.8 Å². The lowest BCUT2D eigenvalue weighted by Gasteiger charge is -2.29. The number of carbonyl (C=O) groups is 1. The lowest BCUT2D eigenvalue weighted by atomic mass is 9.83. The van der Waals surface area contributed by atoms with Crippen molar-refractivity contribution < 1.29 is 14.5 Å². The van der Waals surface area contributed by atoms with E-state index in [4.69, 9.17) is 4.74 Å². The highest BCUT2D eigenvalue weighted by molar-refractivity contribution is 5.68. The zero-order valence-electron chi connectivity index (χ0n) is 12.4. The Hall–Kier alpha value is -1.33. The number of rotatable bonds is 3. The van der Waals surface area contributed by atoms with Crippen LogP contribution in [-0.2, 0) is 4.74 Å². The Morgan fingerprint density at radius 3 is 2.30 bits per heavy atom. The topological polar surface area (TPSA) is 81.5 Å². The third-order valence-corrected chi connectivity index (χ3v) is 4.17. The van der Waals surface area contributed by atoms with Gasteiger partial charge in [-0.1, -0.05) is 0 Å². The molecule has 2 saturated carbocycles. The Labute approximate surface area is 119 Å². The van der Waals surface area contributed by atoms with E-state index in [0.29, 0.717) is 5.92 Å². The number of amides is 1. The zero-order valence-corrected chi connectivity index (χ0v) is 12.4. The van der Waals surface area contributed by atoms with Crippen molar-refractivity contribution in [2.45, 2.75) is 70.6 Å². The van der Waals surface area contributed by atoms with E-state index in [-0.39, 0.29) is 29.0 Å². The summed E-state index contributed by atoms with van der Waals surface area (Å²) >= 11 is 0. The Balaban J connectivity index is 1.70. The van der Waals surface area contributed by atoms with E-state index in [9.17, 15) is 14.9 Å². The Morgan fingerprint density at radius 2 is 1.85 bits per heavy atom. The summed E-state index contributed by atoms with van der Waals surface area (Å²) in [6.07, 6.45) is 4.10. The molecule has 2 atom stereocenters. The van der Waals surface area contributed by atoms with Crippen molar-refractivity contribution in [3.8, 4) is 0 Å². The normalized spacial score (nSPS) is 33.4. The molecule has 20 heavy (non-hydrogen) atoms. The van der Waals surface area contributed by atoms with Crippen LogP contribution in [0.15, 0.2) is 0 Å². The van der Waals surface area contributed by atoms with Crippen LogP contribution < -0.4 is 5.32 Å². The minimum absolute atomic E-state index is 0.143. The summed E-state index contributed by atoms with van der Waals surface area (Å²) in [6, 6.07) is -0.163. The molecule has 0 spiro atoms. The number of carbonyl (C=O) groups excluding carboxylic acids is 1. The minimum Gasteiger partial charge on any atom is -0.444 e. The van der Waals surface area contributed by atoms with Crippen LogP contribution >= 0.6 is 0 Å². The SMILES string of the molecule is CC(C)(C)OC(=O)NC1CCC([C@H]2C[C@@H]2[N+](=O)[O-])CC1. The van der Waals surface area contributed by atoms with Crippen LogP contribution in [0.2, 0.25) is 0 Å². The fraction of sp³-hybridized carbons (Fsp3) is 0.929. The zero-order chi connectivity index (χ0) is 14.9. The van der Waals surface area contributed by atoms with E-state index >= 15 is 0 Å². The van der Waals surface area contributed by atoms with Gasteiger partial charge < -0.3 is 10.1 Å². The molecule has 0 bridgehead atoms. The smallest absolute Gasteiger partial charge is 0.407 e. The number of nitrogens with zero attached hydrogens (tertiary/aromatic N) is 1. The van der Waals surface area contributed by atoms with Gasteiger partial charge in [0.2, 0.25) is 6.04 Å². The highest BCUT2D eigenvalue weighted by Crippen LogP contribution is 2.45. The fourth-order valence-electron chi connectivity index (χ4n) is 3.12. The molecule has 2 aliphatic rings. The number of hydrogen-bond donors (Lipinski definition) is 1. The van der Waals surface area contributed by atoms with Gasteiger partial charge in [0.15, 0.2) is 0 Å². The third-order valence-electron chi connectivity index (χ3n) is 4.17. The monoisotopic (exact) mass is 284 g/mol. The van der Waals surface area contributed by atoms with Gasteiger partial charge in [0.25, 0.3) is 0 Å². The molecule has 1 N–H and O–H groups in total. The quantitative estimate of drug-likeness (QED) is 0.638. The molecule has 6 heteroatoms. The molecule has 0 saturated heterocycles. The number of alkyl carbamates (subject to hydrolysis) is 1. The maximum absolute atomic E-state index is 11.7. The van der Waals surface area contributed by atoms with Crippen molar-refractivity contribution in [2.24, 2.45) is 11.8 Å². The van der Waals surface area contributed by atoms with E-state index in [2.05, 4.69) is 5.32 Å². The maximum atomic E-state index is 11.7. The molecule has 1 amide bonds. The van der Waals surface area contributed by atoms with Gasteiger partial charge in [0.1, 0.15) is 5.60 Å².